The lowest BCUT2D eigenvalue weighted by molar-refractivity contribution is 0.603. The number of benzene rings is 1. The molecule has 1 N–H and O–H groups in total. The van der Waals surface area contributed by atoms with Crippen LogP contribution < -0.4 is 4.72 Å². The standard InChI is InChI=1S/C11H10ClNO2S2/c1-8-4-5-9(12)7-10(8)13-17(14,15)11-3-2-6-16-11/h2-7,13H,1H3. The summed E-state index contributed by atoms with van der Waals surface area (Å²) in [6.07, 6.45) is 0. The van der Waals surface area contributed by atoms with Crippen molar-refractivity contribution in [1.82, 2.24) is 0 Å². The zero-order valence-corrected chi connectivity index (χ0v) is 11.4. The maximum atomic E-state index is 12.0. The zero-order valence-electron chi connectivity index (χ0n) is 8.98. The second kappa shape index (κ2) is 4.68. The van der Waals surface area contributed by atoms with Crippen LogP contribution in [0.1, 0.15) is 5.56 Å². The Hall–Kier alpha value is -1.04. The molecule has 0 fully saturated rings. The van der Waals surface area contributed by atoms with Crippen molar-refractivity contribution in [2.24, 2.45) is 0 Å². The van der Waals surface area contributed by atoms with E-state index in [2.05, 4.69) is 4.72 Å². The summed E-state index contributed by atoms with van der Waals surface area (Å²) in [5, 5.41) is 2.22. The summed E-state index contributed by atoms with van der Waals surface area (Å²) in [5.74, 6) is 0. The number of hydrogen-bond acceptors (Lipinski definition) is 3. The van der Waals surface area contributed by atoms with Crippen molar-refractivity contribution in [3.63, 3.8) is 0 Å². The van der Waals surface area contributed by atoms with Gasteiger partial charge in [0.15, 0.2) is 0 Å². The minimum absolute atomic E-state index is 0.289. The van der Waals surface area contributed by atoms with Gasteiger partial charge in [0, 0.05) is 5.02 Å². The Morgan fingerprint density at radius 1 is 1.29 bits per heavy atom. The maximum absolute atomic E-state index is 12.0. The number of thiophene rings is 1. The van der Waals surface area contributed by atoms with Crippen LogP contribution in [-0.4, -0.2) is 8.42 Å². The Bertz CT molecular complexity index is 621. The second-order valence-electron chi connectivity index (χ2n) is 3.50. The van der Waals surface area contributed by atoms with Gasteiger partial charge < -0.3 is 0 Å². The second-order valence-corrected chi connectivity index (χ2v) is 6.79. The molecule has 6 heteroatoms. The van der Waals surface area contributed by atoms with Crippen molar-refractivity contribution in [3.05, 3.63) is 46.3 Å². The van der Waals surface area contributed by atoms with E-state index in [9.17, 15) is 8.42 Å². The van der Waals surface area contributed by atoms with Gasteiger partial charge in [0.1, 0.15) is 4.21 Å². The van der Waals surface area contributed by atoms with E-state index in [0.29, 0.717) is 10.7 Å². The number of aryl methyl sites for hydroxylation is 1. The molecule has 0 unspecified atom stereocenters. The molecule has 0 amide bonds. The first-order chi connectivity index (χ1) is 7.99. The number of halogens is 1. The Labute approximate surface area is 109 Å². The highest BCUT2D eigenvalue weighted by atomic mass is 35.5. The van der Waals surface area contributed by atoms with Gasteiger partial charge >= 0.3 is 0 Å². The Kier molecular flexibility index (Phi) is 3.42. The minimum atomic E-state index is -3.50. The molecular weight excluding hydrogens is 278 g/mol. The van der Waals surface area contributed by atoms with Crippen LogP contribution in [-0.2, 0) is 10.0 Å². The van der Waals surface area contributed by atoms with Crippen molar-refractivity contribution in [2.45, 2.75) is 11.1 Å². The molecule has 0 aliphatic carbocycles. The van der Waals surface area contributed by atoms with Gasteiger partial charge in [0.05, 0.1) is 5.69 Å². The fraction of sp³-hybridized carbons (Fsp3) is 0.0909. The number of sulfonamides is 1. The van der Waals surface area contributed by atoms with Gasteiger partial charge in [-0.2, -0.15) is 0 Å². The summed E-state index contributed by atoms with van der Waals surface area (Å²) in [4.78, 5) is 0. The average Bonchev–Trinajstić information content (AvgIpc) is 2.77. The lowest BCUT2D eigenvalue weighted by atomic mass is 10.2. The molecule has 0 saturated heterocycles. The first-order valence-electron chi connectivity index (χ1n) is 4.81. The first-order valence-corrected chi connectivity index (χ1v) is 7.55. The summed E-state index contributed by atoms with van der Waals surface area (Å²) in [6, 6.07) is 8.35. The van der Waals surface area contributed by atoms with Crippen molar-refractivity contribution in [2.75, 3.05) is 4.72 Å². The van der Waals surface area contributed by atoms with E-state index in [4.69, 9.17) is 11.6 Å². The third-order valence-corrected chi connectivity index (χ3v) is 5.20. The van der Waals surface area contributed by atoms with Crippen LogP contribution in [0.3, 0.4) is 0 Å². The van der Waals surface area contributed by atoms with E-state index < -0.39 is 10.0 Å². The van der Waals surface area contributed by atoms with Gasteiger partial charge in [-0.25, -0.2) is 8.42 Å². The summed E-state index contributed by atoms with van der Waals surface area (Å²) in [7, 11) is -3.50. The topological polar surface area (TPSA) is 46.2 Å². The van der Waals surface area contributed by atoms with Crippen LogP contribution in [0.4, 0.5) is 5.69 Å². The van der Waals surface area contributed by atoms with Gasteiger partial charge in [-0.3, -0.25) is 4.72 Å². The van der Waals surface area contributed by atoms with Gasteiger partial charge in [0.2, 0.25) is 0 Å². The summed E-state index contributed by atoms with van der Waals surface area (Å²) < 4.78 is 26.8. The molecule has 0 saturated carbocycles. The van der Waals surface area contributed by atoms with E-state index in [1.54, 1.807) is 35.7 Å². The van der Waals surface area contributed by atoms with Crippen molar-refractivity contribution < 1.29 is 8.42 Å². The molecule has 0 spiro atoms. The highest BCUT2D eigenvalue weighted by molar-refractivity contribution is 7.94. The van der Waals surface area contributed by atoms with Crippen LogP contribution in [0.2, 0.25) is 5.02 Å². The Balaban J connectivity index is 2.36. The van der Waals surface area contributed by atoms with Gasteiger partial charge in [0.25, 0.3) is 10.0 Å². The molecule has 90 valence electrons. The fourth-order valence-corrected chi connectivity index (χ4v) is 3.60. The molecular formula is C11H10ClNO2S2. The highest BCUT2D eigenvalue weighted by Gasteiger charge is 2.16. The Morgan fingerprint density at radius 3 is 2.71 bits per heavy atom. The molecule has 2 aromatic rings. The molecule has 3 nitrogen and oxygen atoms in total. The number of anilines is 1. The van der Waals surface area contributed by atoms with E-state index in [1.165, 1.54) is 11.3 Å². The lowest BCUT2D eigenvalue weighted by Crippen LogP contribution is -2.12. The third-order valence-electron chi connectivity index (χ3n) is 2.20. The van der Waals surface area contributed by atoms with E-state index in [1.807, 2.05) is 6.92 Å². The monoisotopic (exact) mass is 287 g/mol. The van der Waals surface area contributed by atoms with Crippen LogP contribution in [0.15, 0.2) is 39.9 Å². The number of nitrogens with one attached hydrogen (secondary N) is 1. The molecule has 2 rings (SSSR count). The van der Waals surface area contributed by atoms with Crippen molar-refractivity contribution in [1.29, 1.82) is 0 Å². The largest absolute Gasteiger partial charge is 0.279 e. The van der Waals surface area contributed by atoms with Crippen LogP contribution in [0.5, 0.6) is 0 Å². The first kappa shape index (κ1) is 12.4. The fourth-order valence-electron chi connectivity index (χ4n) is 1.32. The molecule has 0 atom stereocenters. The molecule has 0 radical (unpaired) electrons. The van der Waals surface area contributed by atoms with Gasteiger partial charge in [-0.1, -0.05) is 23.7 Å². The SMILES string of the molecule is Cc1ccc(Cl)cc1NS(=O)(=O)c1cccs1. The predicted octanol–water partition coefficient (Wildman–Crippen LogP) is 3.51. The van der Waals surface area contributed by atoms with Crippen LogP contribution >= 0.6 is 22.9 Å². The molecule has 1 aromatic carbocycles. The van der Waals surface area contributed by atoms with E-state index >= 15 is 0 Å². The van der Waals surface area contributed by atoms with Crippen LogP contribution in [0, 0.1) is 6.92 Å². The molecule has 0 aliphatic rings. The normalized spacial score (nSPS) is 11.4. The van der Waals surface area contributed by atoms with Crippen molar-refractivity contribution >= 4 is 38.6 Å². The lowest BCUT2D eigenvalue weighted by Gasteiger charge is -2.09. The maximum Gasteiger partial charge on any atom is 0.271 e. The van der Waals surface area contributed by atoms with Gasteiger partial charge in [-0.05, 0) is 36.1 Å². The minimum Gasteiger partial charge on any atom is -0.279 e. The van der Waals surface area contributed by atoms with Crippen molar-refractivity contribution in [3.8, 4) is 0 Å². The Morgan fingerprint density at radius 2 is 2.06 bits per heavy atom. The molecule has 0 bridgehead atoms. The molecule has 17 heavy (non-hydrogen) atoms. The molecule has 0 aliphatic heterocycles. The van der Waals surface area contributed by atoms with Gasteiger partial charge in [-0.15, -0.1) is 11.3 Å². The van der Waals surface area contributed by atoms with E-state index in [0.717, 1.165) is 5.56 Å². The smallest absolute Gasteiger partial charge is 0.271 e. The average molecular weight is 288 g/mol. The summed E-state index contributed by atoms with van der Waals surface area (Å²) in [5.41, 5.74) is 1.33. The third kappa shape index (κ3) is 2.80. The van der Waals surface area contributed by atoms with E-state index in [-0.39, 0.29) is 4.21 Å². The van der Waals surface area contributed by atoms with Crippen LogP contribution in [0.25, 0.3) is 0 Å². The molecule has 1 heterocycles. The number of rotatable bonds is 3. The predicted molar refractivity (Wildman–Crippen MR) is 71.3 cm³/mol. The quantitative estimate of drug-likeness (QED) is 0.939. The number of hydrogen-bond donors (Lipinski definition) is 1. The summed E-state index contributed by atoms with van der Waals surface area (Å²) in [6.45, 7) is 1.82. The molecule has 1 aromatic heterocycles. The summed E-state index contributed by atoms with van der Waals surface area (Å²) >= 11 is 7.01. The zero-order chi connectivity index (χ0) is 12.5. The highest BCUT2D eigenvalue weighted by Crippen LogP contribution is 2.24.